The molecule has 0 aliphatic carbocycles. The molecule has 2 heteroatoms. The van der Waals surface area contributed by atoms with E-state index in [0.717, 1.165) is 18.5 Å². The zero-order chi connectivity index (χ0) is 7.68. The molecule has 1 aromatic rings. The average Bonchev–Trinajstić information content (AvgIpc) is 2.04. The second-order valence-electron chi connectivity index (χ2n) is 2.77. The quantitative estimate of drug-likeness (QED) is 0.532. The van der Waals surface area contributed by atoms with Crippen LogP contribution in [0.25, 0.3) is 0 Å². The maximum atomic E-state index is 12.7. The van der Waals surface area contributed by atoms with Crippen LogP contribution in [0.3, 0.4) is 0 Å². The van der Waals surface area contributed by atoms with Gasteiger partial charge in [-0.2, -0.15) is 0 Å². The summed E-state index contributed by atoms with van der Waals surface area (Å²) < 4.78 is 12.7. The highest BCUT2D eigenvalue weighted by atomic mass is 19.1. The van der Waals surface area contributed by atoms with Crippen molar-refractivity contribution >= 4 is 0 Å². The van der Waals surface area contributed by atoms with E-state index < -0.39 is 0 Å². The van der Waals surface area contributed by atoms with Crippen LogP contribution < -0.4 is 5.32 Å². The zero-order valence-electron chi connectivity index (χ0n) is 6.18. The van der Waals surface area contributed by atoms with Gasteiger partial charge >= 0.3 is 0 Å². The van der Waals surface area contributed by atoms with Crippen molar-refractivity contribution in [2.24, 2.45) is 0 Å². The normalized spacial score (nSPS) is 16.1. The van der Waals surface area contributed by atoms with Gasteiger partial charge < -0.3 is 0 Å². The Balaban J connectivity index is 2.43. The number of fused-ring (bicyclic) bond motifs is 1. The first-order valence-electron chi connectivity index (χ1n) is 3.77. The molecular weight excluding hydrogens is 141 g/mol. The molecule has 0 amide bonds. The Morgan fingerprint density at radius 3 is 3.09 bits per heavy atom. The average molecular weight is 150 g/mol. The minimum atomic E-state index is -0.152. The third-order valence-corrected chi connectivity index (χ3v) is 1.99. The lowest BCUT2D eigenvalue weighted by Gasteiger charge is -2.14. The van der Waals surface area contributed by atoms with Crippen LogP contribution in [-0.2, 0) is 13.0 Å². The molecule has 0 bridgehead atoms. The fourth-order valence-electron chi connectivity index (χ4n) is 1.38. The molecule has 0 aromatic heterocycles. The van der Waals surface area contributed by atoms with Gasteiger partial charge in [-0.25, -0.2) is 9.71 Å². The van der Waals surface area contributed by atoms with Gasteiger partial charge in [0.2, 0.25) is 0 Å². The lowest BCUT2D eigenvalue weighted by molar-refractivity contribution is 0.599. The van der Waals surface area contributed by atoms with E-state index in [0.29, 0.717) is 6.54 Å². The van der Waals surface area contributed by atoms with E-state index >= 15 is 0 Å². The highest BCUT2D eigenvalue weighted by molar-refractivity contribution is 5.29. The third-order valence-electron chi connectivity index (χ3n) is 1.99. The number of nitrogens with zero attached hydrogens (tertiary/aromatic N) is 1. The first-order chi connectivity index (χ1) is 5.36. The molecule has 2 rings (SSSR count). The van der Waals surface area contributed by atoms with Crippen molar-refractivity contribution in [1.29, 1.82) is 0 Å². The maximum Gasteiger partial charge on any atom is 0.123 e. The lowest BCUT2D eigenvalue weighted by atomic mass is 10.0. The van der Waals surface area contributed by atoms with E-state index in [2.05, 4.69) is 5.32 Å². The van der Waals surface area contributed by atoms with Crippen LogP contribution in [0.4, 0.5) is 4.39 Å². The van der Waals surface area contributed by atoms with Gasteiger partial charge in [-0.15, -0.1) is 0 Å². The van der Waals surface area contributed by atoms with Crippen LogP contribution in [0.1, 0.15) is 11.1 Å². The maximum absolute atomic E-state index is 12.7. The van der Waals surface area contributed by atoms with E-state index in [1.807, 2.05) is 6.07 Å². The number of hydrogen-bond donors (Lipinski definition) is 0. The van der Waals surface area contributed by atoms with Crippen LogP contribution in [0, 0.1) is 5.82 Å². The molecule has 1 nitrogen and oxygen atoms in total. The molecule has 1 radical (unpaired) electrons. The molecular formula is C9H9FN. The molecule has 0 N–H and O–H groups in total. The molecule has 0 unspecified atom stereocenters. The molecule has 0 fully saturated rings. The summed E-state index contributed by atoms with van der Waals surface area (Å²) in [4.78, 5) is 0. The van der Waals surface area contributed by atoms with E-state index in [4.69, 9.17) is 0 Å². The summed E-state index contributed by atoms with van der Waals surface area (Å²) in [6.07, 6.45) is 0.968. The Labute approximate surface area is 65.2 Å². The predicted molar refractivity (Wildman–Crippen MR) is 40.8 cm³/mol. The SMILES string of the molecule is Fc1ccc2c(c1)C[N]CC2. The van der Waals surface area contributed by atoms with E-state index in [-0.39, 0.29) is 5.82 Å². The standard InChI is InChI=1S/C9H9FN/c10-9-2-1-7-3-4-11-6-8(7)5-9/h1-2,5H,3-4,6H2. The van der Waals surface area contributed by atoms with Crippen molar-refractivity contribution in [2.45, 2.75) is 13.0 Å². The van der Waals surface area contributed by atoms with Gasteiger partial charge in [0.25, 0.3) is 0 Å². The van der Waals surface area contributed by atoms with Crippen molar-refractivity contribution in [3.05, 3.63) is 35.1 Å². The van der Waals surface area contributed by atoms with Crippen molar-refractivity contribution in [1.82, 2.24) is 5.32 Å². The number of rotatable bonds is 0. The molecule has 1 aromatic carbocycles. The third kappa shape index (κ3) is 1.26. The smallest absolute Gasteiger partial charge is 0.123 e. The Morgan fingerprint density at radius 2 is 2.18 bits per heavy atom. The summed E-state index contributed by atoms with van der Waals surface area (Å²) in [5.41, 5.74) is 2.30. The lowest BCUT2D eigenvalue weighted by Crippen LogP contribution is -2.17. The van der Waals surface area contributed by atoms with Crippen molar-refractivity contribution in [3.63, 3.8) is 0 Å². The summed E-state index contributed by atoms with van der Waals surface area (Å²) in [7, 11) is 0. The molecule has 57 valence electrons. The van der Waals surface area contributed by atoms with Gasteiger partial charge in [0.1, 0.15) is 5.82 Å². The van der Waals surface area contributed by atoms with E-state index in [1.165, 1.54) is 11.6 Å². The first-order valence-corrected chi connectivity index (χ1v) is 3.77. The number of hydrogen-bond acceptors (Lipinski definition) is 0. The van der Waals surface area contributed by atoms with Crippen molar-refractivity contribution < 1.29 is 4.39 Å². The van der Waals surface area contributed by atoms with Crippen LogP contribution in [0.5, 0.6) is 0 Å². The Hall–Kier alpha value is -0.890. The molecule has 0 saturated carbocycles. The molecule has 0 saturated heterocycles. The summed E-state index contributed by atoms with van der Waals surface area (Å²) in [6.45, 7) is 1.58. The fourth-order valence-corrected chi connectivity index (χ4v) is 1.38. The number of benzene rings is 1. The number of halogens is 1. The molecule has 1 aliphatic rings. The van der Waals surface area contributed by atoms with Gasteiger partial charge in [0.15, 0.2) is 0 Å². The Kier molecular flexibility index (Phi) is 1.62. The minimum absolute atomic E-state index is 0.152. The highest BCUT2D eigenvalue weighted by Gasteiger charge is 2.08. The topological polar surface area (TPSA) is 14.1 Å². The molecule has 11 heavy (non-hydrogen) atoms. The van der Waals surface area contributed by atoms with Gasteiger partial charge in [-0.05, 0) is 29.7 Å². The monoisotopic (exact) mass is 150 g/mol. The molecule has 1 heterocycles. The summed E-state index contributed by atoms with van der Waals surface area (Å²) in [6, 6.07) is 4.96. The summed E-state index contributed by atoms with van der Waals surface area (Å²) in [5.74, 6) is -0.152. The van der Waals surface area contributed by atoms with Crippen LogP contribution in [-0.4, -0.2) is 6.54 Å². The van der Waals surface area contributed by atoms with E-state index in [9.17, 15) is 4.39 Å². The summed E-state index contributed by atoms with van der Waals surface area (Å²) in [5, 5.41) is 4.19. The van der Waals surface area contributed by atoms with Gasteiger partial charge in [-0.3, -0.25) is 0 Å². The van der Waals surface area contributed by atoms with Gasteiger partial charge in [-0.1, -0.05) is 6.07 Å². The van der Waals surface area contributed by atoms with Crippen molar-refractivity contribution in [2.75, 3.05) is 6.54 Å². The molecule has 0 atom stereocenters. The fraction of sp³-hybridized carbons (Fsp3) is 0.333. The largest absolute Gasteiger partial charge is 0.237 e. The van der Waals surface area contributed by atoms with Crippen LogP contribution >= 0.6 is 0 Å². The van der Waals surface area contributed by atoms with E-state index in [1.54, 1.807) is 6.07 Å². The molecule has 0 spiro atoms. The second-order valence-corrected chi connectivity index (χ2v) is 2.77. The predicted octanol–water partition coefficient (Wildman–Crippen LogP) is 1.49. The minimum Gasteiger partial charge on any atom is -0.237 e. The second kappa shape index (κ2) is 2.62. The van der Waals surface area contributed by atoms with Gasteiger partial charge in [0.05, 0.1) is 0 Å². The highest BCUT2D eigenvalue weighted by Crippen LogP contribution is 2.15. The van der Waals surface area contributed by atoms with Crippen LogP contribution in [0.15, 0.2) is 18.2 Å². The summed E-state index contributed by atoms with van der Waals surface area (Å²) >= 11 is 0. The van der Waals surface area contributed by atoms with Crippen molar-refractivity contribution in [3.8, 4) is 0 Å². The van der Waals surface area contributed by atoms with Crippen LogP contribution in [0.2, 0.25) is 0 Å². The first kappa shape index (κ1) is 6.80. The zero-order valence-corrected chi connectivity index (χ0v) is 6.18. The Bertz CT molecular complexity index is 270. The van der Waals surface area contributed by atoms with Gasteiger partial charge in [0, 0.05) is 13.1 Å². The molecule has 1 aliphatic heterocycles. The Morgan fingerprint density at radius 1 is 1.27 bits per heavy atom.